The van der Waals surface area contributed by atoms with E-state index in [1.165, 1.54) is 0 Å². The number of ether oxygens (including phenoxy) is 2. The Hall–Kier alpha value is -1.31. The molecule has 1 aliphatic rings. The van der Waals surface area contributed by atoms with Gasteiger partial charge in [-0.15, -0.1) is 0 Å². The highest BCUT2D eigenvalue weighted by molar-refractivity contribution is 14.1. The van der Waals surface area contributed by atoms with Gasteiger partial charge in [0, 0.05) is 12.1 Å². The van der Waals surface area contributed by atoms with E-state index in [9.17, 15) is 9.59 Å². The third kappa shape index (κ3) is 3.48. The van der Waals surface area contributed by atoms with Crippen LogP contribution in [0, 0.1) is 3.57 Å². The number of hydrogen-bond donors (Lipinski definition) is 0. The second-order valence-electron chi connectivity index (χ2n) is 4.76. The molecule has 0 N–H and O–H groups in total. The lowest BCUT2D eigenvalue weighted by Crippen LogP contribution is -2.41. The zero-order valence-electron chi connectivity index (χ0n) is 12.1. The number of esters is 1. The summed E-state index contributed by atoms with van der Waals surface area (Å²) >= 11 is 2.13. The number of methoxy groups -OCH3 is 1. The molecule has 0 aliphatic carbocycles. The van der Waals surface area contributed by atoms with Crippen LogP contribution in [0.4, 0.5) is 0 Å². The number of carbonyl (C=O) groups is 2. The molecule has 1 amide bonds. The Morgan fingerprint density at radius 2 is 2.19 bits per heavy atom. The first-order chi connectivity index (χ1) is 10.1. The molecule has 114 valence electrons. The van der Waals surface area contributed by atoms with Crippen molar-refractivity contribution in [2.24, 2.45) is 0 Å². The summed E-state index contributed by atoms with van der Waals surface area (Å²) in [6, 6.07) is 4.81. The predicted octanol–water partition coefficient (Wildman–Crippen LogP) is 2.47. The first-order valence-electron chi connectivity index (χ1n) is 6.89. The first kappa shape index (κ1) is 16.1. The van der Waals surface area contributed by atoms with E-state index >= 15 is 0 Å². The SMILES string of the molecule is CCOC(=O)C1CCCN1C(=O)c1ccc(OC)c(I)c1. The van der Waals surface area contributed by atoms with Crippen LogP contribution in [-0.4, -0.2) is 43.1 Å². The number of halogens is 1. The third-order valence-corrected chi connectivity index (χ3v) is 4.31. The molecule has 1 unspecified atom stereocenters. The highest BCUT2D eigenvalue weighted by Crippen LogP contribution is 2.25. The summed E-state index contributed by atoms with van der Waals surface area (Å²) < 4.78 is 11.1. The Bertz CT molecular complexity index is 546. The van der Waals surface area contributed by atoms with Gasteiger partial charge < -0.3 is 14.4 Å². The minimum atomic E-state index is -0.461. The number of rotatable bonds is 4. The Balaban J connectivity index is 2.18. The lowest BCUT2D eigenvalue weighted by atomic mass is 10.1. The largest absolute Gasteiger partial charge is 0.496 e. The fraction of sp³-hybridized carbons (Fsp3) is 0.467. The lowest BCUT2D eigenvalue weighted by Gasteiger charge is -2.23. The molecule has 0 radical (unpaired) electrons. The van der Waals surface area contributed by atoms with Gasteiger partial charge in [0.25, 0.3) is 5.91 Å². The van der Waals surface area contributed by atoms with Crippen molar-refractivity contribution in [2.45, 2.75) is 25.8 Å². The molecule has 21 heavy (non-hydrogen) atoms. The second-order valence-corrected chi connectivity index (χ2v) is 5.92. The highest BCUT2D eigenvalue weighted by atomic mass is 127. The van der Waals surface area contributed by atoms with E-state index in [0.717, 1.165) is 15.7 Å². The smallest absolute Gasteiger partial charge is 0.328 e. The van der Waals surface area contributed by atoms with Gasteiger partial charge in [0.1, 0.15) is 11.8 Å². The number of amides is 1. The van der Waals surface area contributed by atoms with Gasteiger partial charge in [0.05, 0.1) is 17.3 Å². The van der Waals surface area contributed by atoms with E-state index < -0.39 is 6.04 Å². The van der Waals surface area contributed by atoms with Crippen LogP contribution in [0.1, 0.15) is 30.1 Å². The molecule has 0 bridgehead atoms. The lowest BCUT2D eigenvalue weighted by molar-refractivity contribution is -0.147. The van der Waals surface area contributed by atoms with Crippen molar-refractivity contribution in [1.82, 2.24) is 4.90 Å². The van der Waals surface area contributed by atoms with Crippen molar-refractivity contribution in [3.8, 4) is 5.75 Å². The molecule has 1 heterocycles. The average molecular weight is 403 g/mol. The topological polar surface area (TPSA) is 55.8 Å². The van der Waals surface area contributed by atoms with Gasteiger partial charge in [0.15, 0.2) is 0 Å². The van der Waals surface area contributed by atoms with Gasteiger partial charge in [-0.25, -0.2) is 4.79 Å². The summed E-state index contributed by atoms with van der Waals surface area (Å²) in [5.74, 6) is 0.285. The van der Waals surface area contributed by atoms with Crippen LogP contribution in [-0.2, 0) is 9.53 Å². The van der Waals surface area contributed by atoms with Crippen molar-refractivity contribution < 1.29 is 19.1 Å². The van der Waals surface area contributed by atoms with E-state index in [1.54, 1.807) is 37.1 Å². The van der Waals surface area contributed by atoms with Gasteiger partial charge in [0.2, 0.25) is 0 Å². The summed E-state index contributed by atoms with van der Waals surface area (Å²) in [6.07, 6.45) is 1.49. The predicted molar refractivity (Wildman–Crippen MR) is 86.4 cm³/mol. The number of hydrogen-bond acceptors (Lipinski definition) is 4. The first-order valence-corrected chi connectivity index (χ1v) is 7.97. The highest BCUT2D eigenvalue weighted by Gasteiger charge is 2.35. The Kier molecular flexibility index (Phi) is 5.44. The Labute approximate surface area is 137 Å². The van der Waals surface area contributed by atoms with E-state index in [2.05, 4.69) is 22.6 Å². The van der Waals surface area contributed by atoms with Gasteiger partial charge >= 0.3 is 5.97 Å². The van der Waals surface area contributed by atoms with Crippen molar-refractivity contribution in [3.05, 3.63) is 27.3 Å². The zero-order chi connectivity index (χ0) is 15.4. The zero-order valence-corrected chi connectivity index (χ0v) is 14.3. The number of benzene rings is 1. The molecule has 0 spiro atoms. The molecule has 0 aromatic heterocycles. The molecule has 2 rings (SSSR count). The monoisotopic (exact) mass is 403 g/mol. The fourth-order valence-electron chi connectivity index (χ4n) is 2.46. The maximum atomic E-state index is 12.6. The number of likely N-dealkylation sites (tertiary alicyclic amines) is 1. The minimum Gasteiger partial charge on any atom is -0.496 e. The molecule has 1 aromatic carbocycles. The van der Waals surface area contributed by atoms with Crippen LogP contribution in [0.15, 0.2) is 18.2 Å². The minimum absolute atomic E-state index is 0.133. The maximum absolute atomic E-state index is 12.6. The average Bonchev–Trinajstić information content (AvgIpc) is 2.96. The van der Waals surface area contributed by atoms with Gasteiger partial charge in [-0.3, -0.25) is 4.79 Å². The molecule has 1 atom stereocenters. The van der Waals surface area contributed by atoms with Crippen molar-refractivity contribution in [3.63, 3.8) is 0 Å². The van der Waals surface area contributed by atoms with Gasteiger partial charge in [-0.2, -0.15) is 0 Å². The maximum Gasteiger partial charge on any atom is 0.328 e. The van der Waals surface area contributed by atoms with Crippen molar-refractivity contribution >= 4 is 34.5 Å². The summed E-state index contributed by atoms with van der Waals surface area (Å²) in [5.41, 5.74) is 0.566. The summed E-state index contributed by atoms with van der Waals surface area (Å²) in [7, 11) is 1.59. The molecular formula is C15H18INO4. The molecule has 6 heteroatoms. The van der Waals surface area contributed by atoms with Gasteiger partial charge in [-0.1, -0.05) is 0 Å². The second kappa shape index (κ2) is 7.11. The fourth-order valence-corrected chi connectivity index (χ4v) is 3.19. The van der Waals surface area contributed by atoms with Crippen LogP contribution in [0.3, 0.4) is 0 Å². The van der Waals surface area contributed by atoms with E-state index in [0.29, 0.717) is 25.1 Å². The normalized spacial score (nSPS) is 17.7. The third-order valence-electron chi connectivity index (χ3n) is 3.47. The molecule has 0 saturated carbocycles. The van der Waals surface area contributed by atoms with Crippen molar-refractivity contribution in [2.75, 3.05) is 20.3 Å². The van der Waals surface area contributed by atoms with Crippen molar-refractivity contribution in [1.29, 1.82) is 0 Å². The molecule has 1 saturated heterocycles. The molecule has 5 nitrogen and oxygen atoms in total. The van der Waals surface area contributed by atoms with E-state index in [4.69, 9.17) is 9.47 Å². The van der Waals surface area contributed by atoms with E-state index in [-0.39, 0.29) is 11.9 Å². The quantitative estimate of drug-likeness (QED) is 0.573. The number of nitrogens with zero attached hydrogens (tertiary/aromatic N) is 1. The van der Waals surface area contributed by atoms with Crippen LogP contribution in [0.2, 0.25) is 0 Å². The molecule has 1 aliphatic heterocycles. The van der Waals surface area contributed by atoms with Crippen LogP contribution in [0.5, 0.6) is 5.75 Å². The van der Waals surface area contributed by atoms with Gasteiger partial charge in [-0.05, 0) is 60.6 Å². The molecule has 1 aromatic rings. The molecule has 1 fully saturated rings. The summed E-state index contributed by atoms with van der Waals surface area (Å²) in [5, 5.41) is 0. The Morgan fingerprint density at radius 1 is 1.43 bits per heavy atom. The van der Waals surface area contributed by atoms with Crippen LogP contribution < -0.4 is 4.74 Å². The van der Waals surface area contributed by atoms with Crippen LogP contribution in [0.25, 0.3) is 0 Å². The standard InChI is InChI=1S/C15H18INO4/c1-3-21-15(19)12-5-4-8-17(12)14(18)10-6-7-13(20-2)11(16)9-10/h6-7,9,12H,3-5,8H2,1-2H3. The summed E-state index contributed by atoms with van der Waals surface area (Å²) in [4.78, 5) is 26.1. The molecular weight excluding hydrogens is 385 g/mol. The van der Waals surface area contributed by atoms with Crippen LogP contribution >= 0.6 is 22.6 Å². The number of carbonyl (C=O) groups excluding carboxylic acids is 2. The Morgan fingerprint density at radius 3 is 2.81 bits per heavy atom. The van der Waals surface area contributed by atoms with E-state index in [1.807, 2.05) is 0 Å². The summed E-state index contributed by atoms with van der Waals surface area (Å²) in [6.45, 7) is 2.69.